The highest BCUT2D eigenvalue weighted by atomic mass is 19.1. The van der Waals surface area contributed by atoms with Crippen LogP contribution >= 0.6 is 0 Å². The highest BCUT2D eigenvalue weighted by molar-refractivity contribution is 6.05. The Hall–Kier alpha value is -2.92. The van der Waals surface area contributed by atoms with Crippen molar-refractivity contribution < 1.29 is 23.8 Å². The summed E-state index contributed by atoms with van der Waals surface area (Å²) in [4.78, 5) is 11.3. The second-order valence-corrected chi connectivity index (χ2v) is 5.52. The second-order valence-electron chi connectivity index (χ2n) is 5.52. The zero-order chi connectivity index (χ0) is 17.8. The first-order chi connectivity index (χ1) is 12.1. The summed E-state index contributed by atoms with van der Waals surface area (Å²) in [6, 6.07) is 14.0. The maximum atomic E-state index is 14.2. The molecule has 0 aliphatic heterocycles. The van der Waals surface area contributed by atoms with Crippen molar-refractivity contribution >= 4 is 27.5 Å². The molecule has 5 heteroatoms. The SMILES string of the molecule is C=CC(=O)OC(CO)COc1c2ccccc2cc2c(F)cccc12. The molecule has 0 saturated carbocycles. The van der Waals surface area contributed by atoms with Gasteiger partial charge in [-0.25, -0.2) is 9.18 Å². The number of hydrogen-bond donors (Lipinski definition) is 1. The molecule has 128 valence electrons. The molecule has 0 fully saturated rings. The molecule has 1 atom stereocenters. The van der Waals surface area contributed by atoms with Gasteiger partial charge in [0.15, 0.2) is 6.10 Å². The Labute approximate surface area is 144 Å². The van der Waals surface area contributed by atoms with E-state index >= 15 is 0 Å². The Bertz CT molecular complexity index is 936. The fourth-order valence-corrected chi connectivity index (χ4v) is 2.68. The molecular formula is C20H17FO4. The molecule has 0 radical (unpaired) electrons. The number of ether oxygens (including phenoxy) is 2. The largest absolute Gasteiger partial charge is 0.488 e. The van der Waals surface area contributed by atoms with E-state index in [9.17, 15) is 14.3 Å². The Kier molecular flexibility index (Phi) is 4.95. The average molecular weight is 340 g/mol. The van der Waals surface area contributed by atoms with Gasteiger partial charge < -0.3 is 14.6 Å². The average Bonchev–Trinajstić information content (AvgIpc) is 2.64. The lowest BCUT2D eigenvalue weighted by atomic mass is 10.0. The van der Waals surface area contributed by atoms with Crippen molar-refractivity contribution in [1.29, 1.82) is 0 Å². The first-order valence-corrected chi connectivity index (χ1v) is 7.80. The number of benzene rings is 3. The molecule has 0 bridgehead atoms. The van der Waals surface area contributed by atoms with E-state index in [2.05, 4.69) is 6.58 Å². The van der Waals surface area contributed by atoms with Crippen LogP contribution in [0.15, 0.2) is 61.2 Å². The molecule has 0 spiro atoms. The Morgan fingerprint density at radius 1 is 1.16 bits per heavy atom. The van der Waals surface area contributed by atoms with Crippen LogP contribution < -0.4 is 4.74 Å². The Balaban J connectivity index is 2.02. The van der Waals surface area contributed by atoms with Gasteiger partial charge in [-0.3, -0.25) is 0 Å². The van der Waals surface area contributed by atoms with Gasteiger partial charge in [0.1, 0.15) is 18.2 Å². The van der Waals surface area contributed by atoms with Gasteiger partial charge in [-0.15, -0.1) is 0 Å². The molecule has 0 heterocycles. The predicted octanol–water partition coefficient (Wildman–Crippen LogP) is 3.60. The summed E-state index contributed by atoms with van der Waals surface area (Å²) < 4.78 is 25.1. The summed E-state index contributed by atoms with van der Waals surface area (Å²) in [5, 5.41) is 12.1. The quantitative estimate of drug-likeness (QED) is 0.423. The zero-order valence-corrected chi connectivity index (χ0v) is 13.4. The molecular weight excluding hydrogens is 323 g/mol. The number of aliphatic hydroxyl groups is 1. The molecule has 0 aliphatic rings. The standard InChI is InChI=1S/C20H17FO4/c1-2-19(23)25-14(11-22)12-24-20-15-7-4-3-6-13(15)10-17-16(20)8-5-9-18(17)21/h2-10,14,22H,1,11-12H2. The summed E-state index contributed by atoms with van der Waals surface area (Å²) in [6.45, 7) is 2.87. The number of fused-ring (bicyclic) bond motifs is 2. The lowest BCUT2D eigenvalue weighted by molar-refractivity contribution is -0.146. The number of esters is 1. The molecule has 25 heavy (non-hydrogen) atoms. The Morgan fingerprint density at radius 3 is 2.68 bits per heavy atom. The van der Waals surface area contributed by atoms with Crippen LogP contribution in [0, 0.1) is 5.82 Å². The van der Waals surface area contributed by atoms with Gasteiger partial charge in [-0.2, -0.15) is 0 Å². The molecule has 1 N–H and O–H groups in total. The summed E-state index contributed by atoms with van der Waals surface area (Å²) in [5.41, 5.74) is 0. The number of halogens is 1. The van der Waals surface area contributed by atoms with Gasteiger partial charge >= 0.3 is 5.97 Å². The van der Waals surface area contributed by atoms with Gasteiger partial charge in [0, 0.05) is 22.2 Å². The molecule has 3 aromatic carbocycles. The predicted molar refractivity (Wildman–Crippen MR) is 94.1 cm³/mol. The van der Waals surface area contributed by atoms with E-state index in [0.717, 1.165) is 16.8 Å². The van der Waals surface area contributed by atoms with E-state index in [4.69, 9.17) is 9.47 Å². The van der Waals surface area contributed by atoms with Crippen molar-refractivity contribution in [3.05, 3.63) is 67.0 Å². The summed E-state index contributed by atoms with van der Waals surface area (Å²) in [6.07, 6.45) is 0.179. The highest BCUT2D eigenvalue weighted by Gasteiger charge is 2.16. The number of carbonyl (C=O) groups is 1. The molecule has 3 aromatic rings. The minimum Gasteiger partial charge on any atom is -0.488 e. The first kappa shape index (κ1) is 16.9. The molecule has 0 aliphatic carbocycles. The van der Waals surface area contributed by atoms with Crippen LogP contribution in [0.1, 0.15) is 0 Å². The van der Waals surface area contributed by atoms with Crippen molar-refractivity contribution in [1.82, 2.24) is 0 Å². The van der Waals surface area contributed by atoms with E-state index in [1.54, 1.807) is 18.2 Å². The summed E-state index contributed by atoms with van der Waals surface area (Å²) >= 11 is 0. The summed E-state index contributed by atoms with van der Waals surface area (Å²) in [5.74, 6) is -0.498. The number of aliphatic hydroxyl groups excluding tert-OH is 1. The van der Waals surface area contributed by atoms with Gasteiger partial charge in [-0.05, 0) is 17.5 Å². The molecule has 3 rings (SSSR count). The second kappa shape index (κ2) is 7.32. The lowest BCUT2D eigenvalue weighted by Gasteiger charge is -2.18. The van der Waals surface area contributed by atoms with E-state index in [0.29, 0.717) is 16.5 Å². The van der Waals surface area contributed by atoms with Gasteiger partial charge in [-0.1, -0.05) is 43.0 Å². The minimum atomic E-state index is -0.840. The third-order valence-electron chi connectivity index (χ3n) is 3.87. The Morgan fingerprint density at radius 2 is 1.92 bits per heavy atom. The van der Waals surface area contributed by atoms with Crippen molar-refractivity contribution in [2.75, 3.05) is 13.2 Å². The third-order valence-corrected chi connectivity index (χ3v) is 3.87. The minimum absolute atomic E-state index is 0.0598. The maximum absolute atomic E-state index is 14.2. The van der Waals surface area contributed by atoms with Gasteiger partial charge in [0.05, 0.1) is 6.61 Å². The van der Waals surface area contributed by atoms with Crippen LogP contribution in [0.5, 0.6) is 5.75 Å². The number of carbonyl (C=O) groups excluding carboxylic acids is 1. The zero-order valence-electron chi connectivity index (χ0n) is 13.4. The normalized spacial score (nSPS) is 12.1. The molecule has 1 unspecified atom stereocenters. The molecule has 4 nitrogen and oxygen atoms in total. The van der Waals surface area contributed by atoms with E-state index in [1.165, 1.54) is 6.07 Å². The van der Waals surface area contributed by atoms with Crippen LogP contribution in [0.3, 0.4) is 0 Å². The van der Waals surface area contributed by atoms with Crippen LogP contribution in [0.4, 0.5) is 4.39 Å². The number of rotatable bonds is 6. The van der Waals surface area contributed by atoms with Crippen LogP contribution in [-0.2, 0) is 9.53 Å². The van der Waals surface area contributed by atoms with Crippen molar-refractivity contribution in [2.24, 2.45) is 0 Å². The number of hydrogen-bond acceptors (Lipinski definition) is 4. The van der Waals surface area contributed by atoms with E-state index in [-0.39, 0.29) is 12.4 Å². The monoisotopic (exact) mass is 340 g/mol. The van der Waals surface area contributed by atoms with Crippen molar-refractivity contribution in [2.45, 2.75) is 6.10 Å². The van der Waals surface area contributed by atoms with Crippen molar-refractivity contribution in [3.63, 3.8) is 0 Å². The molecule has 0 aromatic heterocycles. The van der Waals surface area contributed by atoms with Crippen LogP contribution in [0.25, 0.3) is 21.5 Å². The van der Waals surface area contributed by atoms with E-state index < -0.39 is 18.7 Å². The van der Waals surface area contributed by atoms with Crippen LogP contribution in [-0.4, -0.2) is 30.4 Å². The summed E-state index contributed by atoms with van der Waals surface area (Å²) in [7, 11) is 0. The first-order valence-electron chi connectivity index (χ1n) is 7.80. The maximum Gasteiger partial charge on any atom is 0.330 e. The topological polar surface area (TPSA) is 55.8 Å². The molecule has 0 saturated heterocycles. The molecule has 0 amide bonds. The van der Waals surface area contributed by atoms with E-state index in [1.807, 2.05) is 24.3 Å². The van der Waals surface area contributed by atoms with Gasteiger partial charge in [0.2, 0.25) is 0 Å². The third kappa shape index (κ3) is 3.46. The van der Waals surface area contributed by atoms with Crippen LogP contribution in [0.2, 0.25) is 0 Å². The van der Waals surface area contributed by atoms with Crippen molar-refractivity contribution in [3.8, 4) is 5.75 Å². The smallest absolute Gasteiger partial charge is 0.330 e. The highest BCUT2D eigenvalue weighted by Crippen LogP contribution is 2.36. The fourth-order valence-electron chi connectivity index (χ4n) is 2.68. The van der Waals surface area contributed by atoms with Gasteiger partial charge in [0.25, 0.3) is 0 Å². The fraction of sp³-hybridized carbons (Fsp3) is 0.150. The lowest BCUT2D eigenvalue weighted by Crippen LogP contribution is -2.27.